The van der Waals surface area contributed by atoms with Crippen molar-refractivity contribution in [3.8, 4) is 0 Å². The van der Waals surface area contributed by atoms with Crippen LogP contribution in [0.3, 0.4) is 0 Å². The lowest BCUT2D eigenvalue weighted by atomic mass is 10.1. The van der Waals surface area contributed by atoms with Crippen molar-refractivity contribution in [2.24, 2.45) is 5.16 Å². The summed E-state index contributed by atoms with van der Waals surface area (Å²) in [5.74, 6) is -0.626. The second kappa shape index (κ2) is 6.02. The van der Waals surface area contributed by atoms with Crippen LogP contribution in [0.1, 0.15) is 18.4 Å². The van der Waals surface area contributed by atoms with Crippen molar-refractivity contribution >= 4 is 23.2 Å². The van der Waals surface area contributed by atoms with Crippen LogP contribution in [0, 0.1) is 5.82 Å². The van der Waals surface area contributed by atoms with E-state index in [1.807, 2.05) is 0 Å². The Morgan fingerprint density at radius 2 is 2.11 bits per heavy atom. The molecule has 1 fully saturated rings. The molecule has 0 aromatic heterocycles. The minimum Gasteiger partial charge on any atom is -0.411 e. The molecular formula is C13H14ClFN2O2. The second-order valence-corrected chi connectivity index (χ2v) is 4.83. The molecule has 0 spiro atoms. The van der Waals surface area contributed by atoms with E-state index in [-0.39, 0.29) is 22.9 Å². The van der Waals surface area contributed by atoms with Crippen LogP contribution in [-0.2, 0) is 11.2 Å². The third kappa shape index (κ3) is 3.23. The number of hydrogen-bond acceptors (Lipinski definition) is 3. The number of nitrogens with zero attached hydrogens (tertiary/aromatic N) is 2. The van der Waals surface area contributed by atoms with Gasteiger partial charge in [0, 0.05) is 36.5 Å². The molecule has 6 heteroatoms. The fourth-order valence-electron chi connectivity index (χ4n) is 2.08. The normalized spacial score (nSPS) is 15.5. The molecule has 19 heavy (non-hydrogen) atoms. The number of benzene rings is 1. The molecule has 4 nitrogen and oxygen atoms in total. The van der Waals surface area contributed by atoms with E-state index in [0.717, 1.165) is 0 Å². The monoisotopic (exact) mass is 284 g/mol. The molecule has 1 aliphatic rings. The van der Waals surface area contributed by atoms with E-state index in [1.165, 1.54) is 12.1 Å². The van der Waals surface area contributed by atoms with E-state index in [9.17, 15) is 9.18 Å². The quantitative estimate of drug-likeness (QED) is 0.670. The maximum Gasteiger partial charge on any atom is 0.227 e. The Balaban J connectivity index is 2.02. The van der Waals surface area contributed by atoms with Gasteiger partial charge in [0.15, 0.2) is 0 Å². The van der Waals surface area contributed by atoms with Crippen molar-refractivity contribution in [2.75, 3.05) is 13.1 Å². The summed E-state index contributed by atoms with van der Waals surface area (Å²) in [6.07, 6.45) is 1.05. The van der Waals surface area contributed by atoms with Crippen LogP contribution < -0.4 is 0 Å². The molecule has 2 rings (SSSR count). The Morgan fingerprint density at radius 1 is 1.42 bits per heavy atom. The SMILES string of the molecule is O=C(Cc1c(F)cccc1Cl)N1CCC(=NO)CC1. The average Bonchev–Trinajstić information content (AvgIpc) is 2.43. The van der Waals surface area contributed by atoms with Gasteiger partial charge in [-0.3, -0.25) is 4.79 Å². The molecule has 1 saturated heterocycles. The van der Waals surface area contributed by atoms with Crippen molar-refractivity contribution < 1.29 is 14.4 Å². The Hall–Kier alpha value is -1.62. The summed E-state index contributed by atoms with van der Waals surface area (Å²) >= 11 is 5.90. The second-order valence-electron chi connectivity index (χ2n) is 4.42. The summed E-state index contributed by atoms with van der Waals surface area (Å²) in [5, 5.41) is 12.1. The van der Waals surface area contributed by atoms with Crippen LogP contribution in [0.5, 0.6) is 0 Å². The minimum absolute atomic E-state index is 0.0445. The van der Waals surface area contributed by atoms with Gasteiger partial charge in [0.25, 0.3) is 0 Å². The van der Waals surface area contributed by atoms with E-state index >= 15 is 0 Å². The molecule has 1 heterocycles. The summed E-state index contributed by atoms with van der Waals surface area (Å²) in [7, 11) is 0. The molecule has 0 radical (unpaired) electrons. The highest BCUT2D eigenvalue weighted by molar-refractivity contribution is 6.31. The molecule has 0 atom stereocenters. The van der Waals surface area contributed by atoms with Crippen molar-refractivity contribution in [1.82, 2.24) is 4.90 Å². The Labute approximate surface area is 115 Å². The summed E-state index contributed by atoms with van der Waals surface area (Å²) in [4.78, 5) is 13.7. The van der Waals surface area contributed by atoms with Gasteiger partial charge in [0.1, 0.15) is 5.82 Å². The van der Waals surface area contributed by atoms with E-state index in [2.05, 4.69) is 5.16 Å². The lowest BCUT2D eigenvalue weighted by molar-refractivity contribution is -0.130. The van der Waals surface area contributed by atoms with Crippen LogP contribution in [-0.4, -0.2) is 34.8 Å². The predicted octanol–water partition coefficient (Wildman–Crippen LogP) is 2.47. The standard InChI is InChI=1S/C13H14ClFN2O2/c14-11-2-1-3-12(15)10(11)8-13(18)17-6-4-9(16-19)5-7-17/h1-3,19H,4-8H2. The molecular weight excluding hydrogens is 271 g/mol. The fraction of sp³-hybridized carbons (Fsp3) is 0.385. The summed E-state index contributed by atoms with van der Waals surface area (Å²) in [5.41, 5.74) is 0.920. The summed E-state index contributed by atoms with van der Waals surface area (Å²) < 4.78 is 13.6. The highest BCUT2D eigenvalue weighted by Crippen LogP contribution is 2.20. The van der Waals surface area contributed by atoms with Crippen molar-refractivity contribution in [1.29, 1.82) is 0 Å². The predicted molar refractivity (Wildman–Crippen MR) is 70.1 cm³/mol. The molecule has 1 amide bonds. The van der Waals surface area contributed by atoms with Crippen LogP contribution in [0.15, 0.2) is 23.4 Å². The molecule has 1 N–H and O–H groups in total. The van der Waals surface area contributed by atoms with E-state index in [1.54, 1.807) is 11.0 Å². The molecule has 102 valence electrons. The van der Waals surface area contributed by atoms with Crippen molar-refractivity contribution in [3.05, 3.63) is 34.6 Å². The van der Waals surface area contributed by atoms with Gasteiger partial charge < -0.3 is 10.1 Å². The van der Waals surface area contributed by atoms with Crippen LogP contribution in [0.25, 0.3) is 0 Å². The minimum atomic E-state index is -0.463. The molecule has 1 aliphatic heterocycles. The topological polar surface area (TPSA) is 52.9 Å². The largest absolute Gasteiger partial charge is 0.411 e. The number of carbonyl (C=O) groups excluding carboxylic acids is 1. The number of carbonyl (C=O) groups is 1. The van der Waals surface area contributed by atoms with E-state index in [4.69, 9.17) is 16.8 Å². The smallest absolute Gasteiger partial charge is 0.227 e. The highest BCUT2D eigenvalue weighted by atomic mass is 35.5. The zero-order chi connectivity index (χ0) is 13.8. The third-order valence-corrected chi connectivity index (χ3v) is 3.58. The van der Waals surface area contributed by atoms with Gasteiger partial charge in [-0.1, -0.05) is 22.8 Å². The Kier molecular flexibility index (Phi) is 4.37. The number of likely N-dealkylation sites (tertiary alicyclic amines) is 1. The lowest BCUT2D eigenvalue weighted by Crippen LogP contribution is -2.39. The Morgan fingerprint density at radius 3 is 2.68 bits per heavy atom. The van der Waals surface area contributed by atoms with Crippen LogP contribution >= 0.6 is 11.6 Å². The zero-order valence-electron chi connectivity index (χ0n) is 10.3. The van der Waals surface area contributed by atoms with Gasteiger partial charge in [-0.25, -0.2) is 4.39 Å². The summed E-state index contributed by atoms with van der Waals surface area (Å²) in [6.45, 7) is 0.981. The van der Waals surface area contributed by atoms with Gasteiger partial charge in [0.2, 0.25) is 5.91 Å². The van der Waals surface area contributed by atoms with Crippen molar-refractivity contribution in [3.63, 3.8) is 0 Å². The van der Waals surface area contributed by atoms with E-state index in [0.29, 0.717) is 31.6 Å². The highest BCUT2D eigenvalue weighted by Gasteiger charge is 2.22. The molecule has 1 aromatic carbocycles. The maximum absolute atomic E-state index is 13.6. The number of halogens is 2. The number of amides is 1. The average molecular weight is 285 g/mol. The molecule has 0 unspecified atom stereocenters. The first-order valence-electron chi connectivity index (χ1n) is 6.02. The Bertz CT molecular complexity index is 489. The molecule has 0 aliphatic carbocycles. The third-order valence-electron chi connectivity index (χ3n) is 3.22. The van der Waals surface area contributed by atoms with Crippen LogP contribution in [0.2, 0.25) is 5.02 Å². The van der Waals surface area contributed by atoms with Gasteiger partial charge >= 0.3 is 0 Å². The van der Waals surface area contributed by atoms with Crippen molar-refractivity contribution in [2.45, 2.75) is 19.3 Å². The fourth-order valence-corrected chi connectivity index (χ4v) is 2.31. The molecule has 0 saturated carbocycles. The molecule has 1 aromatic rings. The van der Waals surface area contributed by atoms with Gasteiger partial charge in [-0.2, -0.15) is 0 Å². The number of piperidine rings is 1. The maximum atomic E-state index is 13.6. The molecule has 0 bridgehead atoms. The van der Waals surface area contributed by atoms with Crippen LogP contribution in [0.4, 0.5) is 4.39 Å². The zero-order valence-corrected chi connectivity index (χ0v) is 11.0. The number of oxime groups is 1. The van der Waals surface area contributed by atoms with Gasteiger partial charge in [-0.15, -0.1) is 0 Å². The number of hydrogen-bond donors (Lipinski definition) is 1. The van der Waals surface area contributed by atoms with Gasteiger partial charge in [-0.05, 0) is 12.1 Å². The first kappa shape index (κ1) is 13.8. The number of rotatable bonds is 2. The van der Waals surface area contributed by atoms with Gasteiger partial charge in [0.05, 0.1) is 12.1 Å². The first-order chi connectivity index (χ1) is 9.11. The summed E-state index contributed by atoms with van der Waals surface area (Å²) in [6, 6.07) is 4.37. The lowest BCUT2D eigenvalue weighted by Gasteiger charge is -2.27. The van der Waals surface area contributed by atoms with E-state index < -0.39 is 5.82 Å². The first-order valence-corrected chi connectivity index (χ1v) is 6.40.